The van der Waals surface area contributed by atoms with E-state index in [-0.39, 0.29) is 6.04 Å². The molecule has 18 heavy (non-hydrogen) atoms. The van der Waals surface area contributed by atoms with Gasteiger partial charge in [-0.3, -0.25) is 5.84 Å². The first-order valence-corrected chi connectivity index (χ1v) is 7.04. The van der Waals surface area contributed by atoms with Crippen molar-refractivity contribution in [2.45, 2.75) is 39.3 Å². The third-order valence-electron chi connectivity index (χ3n) is 2.86. The molecule has 6 heteroatoms. The van der Waals surface area contributed by atoms with Crippen molar-refractivity contribution in [3.05, 3.63) is 33.8 Å². The molecule has 0 aromatic carbocycles. The fourth-order valence-electron chi connectivity index (χ4n) is 1.93. The normalized spacial score (nSPS) is 12.8. The van der Waals surface area contributed by atoms with Gasteiger partial charge in [-0.15, -0.1) is 16.4 Å². The van der Waals surface area contributed by atoms with Crippen LogP contribution in [0.1, 0.15) is 41.8 Å². The summed E-state index contributed by atoms with van der Waals surface area (Å²) in [7, 11) is 0. The van der Waals surface area contributed by atoms with E-state index in [1.54, 1.807) is 17.5 Å². The summed E-state index contributed by atoms with van der Waals surface area (Å²) in [5.41, 5.74) is 3.88. The van der Waals surface area contributed by atoms with Gasteiger partial charge in [-0.25, -0.2) is 10.1 Å². The molecule has 5 nitrogen and oxygen atoms in total. The Bertz CT molecular complexity index is 490. The maximum absolute atomic E-state index is 5.70. The molecule has 0 spiro atoms. The van der Waals surface area contributed by atoms with E-state index in [0.29, 0.717) is 0 Å². The Hall–Kier alpha value is -1.24. The number of hydrazine groups is 1. The van der Waals surface area contributed by atoms with Gasteiger partial charge in [0, 0.05) is 16.3 Å². The van der Waals surface area contributed by atoms with Gasteiger partial charge in [0.1, 0.15) is 0 Å². The molecular formula is C12H19N5S. The Balaban J connectivity index is 2.29. The maximum Gasteiger partial charge on any atom is 0.0986 e. The lowest BCUT2D eigenvalue weighted by Gasteiger charge is -2.15. The third-order valence-corrected chi connectivity index (χ3v) is 4.16. The Kier molecular flexibility index (Phi) is 4.46. The summed E-state index contributed by atoms with van der Waals surface area (Å²) in [6.07, 6.45) is 3.86. The molecule has 0 fully saturated rings. The largest absolute Gasteiger partial charge is 0.270 e. The van der Waals surface area contributed by atoms with Crippen LogP contribution in [-0.2, 0) is 13.0 Å². The first-order valence-electron chi connectivity index (χ1n) is 6.23. The molecular weight excluding hydrogens is 246 g/mol. The predicted octanol–water partition coefficient (Wildman–Crippen LogP) is 1.86. The number of nitrogens with one attached hydrogen (secondary N) is 1. The minimum Gasteiger partial charge on any atom is -0.270 e. The van der Waals surface area contributed by atoms with Crippen LogP contribution in [0.4, 0.5) is 0 Å². The van der Waals surface area contributed by atoms with E-state index in [9.17, 15) is 0 Å². The molecule has 1 unspecified atom stereocenters. The van der Waals surface area contributed by atoms with Crippen molar-refractivity contribution in [3.63, 3.8) is 0 Å². The van der Waals surface area contributed by atoms with Crippen LogP contribution in [-0.4, -0.2) is 15.0 Å². The lowest BCUT2D eigenvalue weighted by atomic mass is 10.2. The first-order chi connectivity index (χ1) is 8.80. The Morgan fingerprint density at radius 1 is 1.44 bits per heavy atom. The molecule has 98 valence electrons. The van der Waals surface area contributed by atoms with Gasteiger partial charge in [0.05, 0.1) is 17.9 Å². The van der Waals surface area contributed by atoms with E-state index in [0.717, 1.165) is 25.1 Å². The molecule has 0 radical (unpaired) electrons. The SMILES string of the molecule is CCCn1nncc1C(NN)c1ccc(CC)s1. The predicted molar refractivity (Wildman–Crippen MR) is 73.2 cm³/mol. The summed E-state index contributed by atoms with van der Waals surface area (Å²) in [5, 5.41) is 8.09. The van der Waals surface area contributed by atoms with E-state index in [1.165, 1.54) is 9.75 Å². The van der Waals surface area contributed by atoms with Gasteiger partial charge >= 0.3 is 0 Å². The van der Waals surface area contributed by atoms with Crippen molar-refractivity contribution in [1.29, 1.82) is 0 Å². The van der Waals surface area contributed by atoms with Gasteiger partial charge in [-0.2, -0.15) is 0 Å². The van der Waals surface area contributed by atoms with Crippen LogP contribution >= 0.6 is 11.3 Å². The first kappa shape index (κ1) is 13.2. The van der Waals surface area contributed by atoms with Crippen LogP contribution in [0.15, 0.2) is 18.3 Å². The summed E-state index contributed by atoms with van der Waals surface area (Å²) in [4.78, 5) is 2.56. The molecule has 1 atom stereocenters. The topological polar surface area (TPSA) is 68.8 Å². The highest BCUT2D eigenvalue weighted by Gasteiger charge is 2.19. The molecule has 2 aromatic heterocycles. The smallest absolute Gasteiger partial charge is 0.0986 e. The fourth-order valence-corrected chi connectivity index (χ4v) is 2.95. The van der Waals surface area contributed by atoms with Crippen molar-refractivity contribution < 1.29 is 0 Å². The molecule has 0 aliphatic rings. The number of aromatic nitrogens is 3. The standard InChI is InChI=1S/C12H19N5S/c1-3-7-17-10(8-14-16-17)12(15-13)11-6-5-9(4-2)18-11/h5-6,8,12,15H,3-4,7,13H2,1-2H3. The van der Waals surface area contributed by atoms with Crippen molar-refractivity contribution in [1.82, 2.24) is 20.4 Å². The zero-order valence-electron chi connectivity index (χ0n) is 10.8. The highest BCUT2D eigenvalue weighted by molar-refractivity contribution is 7.12. The molecule has 0 bridgehead atoms. The number of nitrogens with two attached hydrogens (primary N) is 1. The molecule has 2 aromatic rings. The average molecular weight is 265 g/mol. The van der Waals surface area contributed by atoms with Crippen LogP contribution < -0.4 is 11.3 Å². The summed E-state index contributed by atoms with van der Waals surface area (Å²) in [5.74, 6) is 5.70. The highest BCUT2D eigenvalue weighted by atomic mass is 32.1. The lowest BCUT2D eigenvalue weighted by Crippen LogP contribution is -2.30. The monoisotopic (exact) mass is 265 g/mol. The Morgan fingerprint density at radius 3 is 2.89 bits per heavy atom. The minimum atomic E-state index is -0.0307. The van der Waals surface area contributed by atoms with Crippen molar-refractivity contribution >= 4 is 11.3 Å². The van der Waals surface area contributed by atoms with Crippen molar-refractivity contribution in [2.24, 2.45) is 5.84 Å². The number of hydrogen-bond acceptors (Lipinski definition) is 5. The van der Waals surface area contributed by atoms with Crippen LogP contribution in [0.2, 0.25) is 0 Å². The van der Waals surface area contributed by atoms with Crippen molar-refractivity contribution in [2.75, 3.05) is 0 Å². The van der Waals surface area contributed by atoms with Gasteiger partial charge in [-0.1, -0.05) is 19.1 Å². The zero-order valence-corrected chi connectivity index (χ0v) is 11.6. The van der Waals surface area contributed by atoms with E-state index >= 15 is 0 Å². The van der Waals surface area contributed by atoms with Crippen molar-refractivity contribution in [3.8, 4) is 0 Å². The van der Waals surface area contributed by atoms with E-state index in [1.807, 2.05) is 4.68 Å². The Morgan fingerprint density at radius 2 is 2.28 bits per heavy atom. The molecule has 2 rings (SSSR count). The maximum atomic E-state index is 5.70. The Labute approximate surface area is 111 Å². The number of thiophene rings is 1. The van der Waals surface area contributed by atoms with E-state index < -0.39 is 0 Å². The summed E-state index contributed by atoms with van der Waals surface area (Å²) in [6.45, 7) is 5.14. The molecule has 0 saturated heterocycles. The molecule has 2 heterocycles. The highest BCUT2D eigenvalue weighted by Crippen LogP contribution is 2.27. The van der Waals surface area contributed by atoms with Crippen LogP contribution in [0, 0.1) is 0 Å². The number of hydrogen-bond donors (Lipinski definition) is 2. The second-order valence-corrected chi connectivity index (χ2v) is 5.34. The molecule has 0 amide bonds. The molecule has 3 N–H and O–H groups in total. The second kappa shape index (κ2) is 6.08. The molecule has 0 aliphatic heterocycles. The van der Waals surface area contributed by atoms with Crippen LogP contribution in [0.25, 0.3) is 0 Å². The minimum absolute atomic E-state index is 0.0307. The summed E-state index contributed by atoms with van der Waals surface area (Å²) in [6, 6.07) is 4.24. The quantitative estimate of drug-likeness (QED) is 0.618. The number of nitrogens with zero attached hydrogens (tertiary/aromatic N) is 3. The van der Waals surface area contributed by atoms with Crippen LogP contribution in [0.3, 0.4) is 0 Å². The second-order valence-electron chi connectivity index (χ2n) is 4.14. The number of aryl methyl sites for hydroxylation is 2. The zero-order chi connectivity index (χ0) is 13.0. The summed E-state index contributed by atoms with van der Waals surface area (Å²) < 4.78 is 1.91. The van der Waals surface area contributed by atoms with E-state index in [2.05, 4.69) is 41.7 Å². The molecule has 0 aliphatic carbocycles. The molecule has 0 saturated carbocycles. The third kappa shape index (κ3) is 2.60. The van der Waals surface area contributed by atoms with Gasteiger partial charge in [0.25, 0.3) is 0 Å². The number of rotatable bonds is 6. The van der Waals surface area contributed by atoms with Gasteiger partial charge < -0.3 is 0 Å². The van der Waals surface area contributed by atoms with Gasteiger partial charge in [-0.05, 0) is 25.0 Å². The fraction of sp³-hybridized carbons (Fsp3) is 0.500. The lowest BCUT2D eigenvalue weighted by molar-refractivity contribution is 0.515. The van der Waals surface area contributed by atoms with E-state index in [4.69, 9.17) is 5.84 Å². The average Bonchev–Trinajstić information content (AvgIpc) is 3.01. The summed E-state index contributed by atoms with van der Waals surface area (Å²) >= 11 is 1.78. The van der Waals surface area contributed by atoms with Crippen LogP contribution in [0.5, 0.6) is 0 Å². The van der Waals surface area contributed by atoms with Gasteiger partial charge in [0.15, 0.2) is 0 Å². The van der Waals surface area contributed by atoms with Gasteiger partial charge in [0.2, 0.25) is 0 Å².